The van der Waals surface area contributed by atoms with E-state index in [1.807, 2.05) is 0 Å². The van der Waals surface area contributed by atoms with Gasteiger partial charge in [-0.25, -0.2) is 4.98 Å². The Morgan fingerprint density at radius 1 is 1.42 bits per heavy atom. The highest BCUT2D eigenvalue weighted by Gasteiger charge is 2.35. The molecule has 0 aromatic carbocycles. The summed E-state index contributed by atoms with van der Waals surface area (Å²) in [5.41, 5.74) is -0.194. The van der Waals surface area contributed by atoms with Gasteiger partial charge in [0.2, 0.25) is 0 Å². The normalized spacial score (nSPS) is 11.3. The van der Waals surface area contributed by atoms with Crippen molar-refractivity contribution in [1.29, 1.82) is 0 Å². The van der Waals surface area contributed by atoms with Crippen LogP contribution in [0.15, 0.2) is 28.2 Å². The number of amides is 1. The smallest absolute Gasteiger partial charge is 0.406 e. The molecule has 0 aliphatic rings. The van der Waals surface area contributed by atoms with E-state index in [0.717, 1.165) is 11.3 Å². The fourth-order valence-corrected chi connectivity index (χ4v) is 2.59. The molecule has 0 fully saturated rings. The summed E-state index contributed by atoms with van der Waals surface area (Å²) in [4.78, 5) is 28.1. The first-order valence-electron chi connectivity index (χ1n) is 6.81. The molecule has 0 saturated heterocycles. The van der Waals surface area contributed by atoms with E-state index < -0.39 is 31.1 Å². The van der Waals surface area contributed by atoms with Crippen LogP contribution in [0.25, 0.3) is 10.8 Å². The van der Waals surface area contributed by atoms with Crippen molar-refractivity contribution in [2.45, 2.75) is 13.1 Å². The van der Waals surface area contributed by atoms with Crippen molar-refractivity contribution in [3.63, 3.8) is 0 Å². The SMILES string of the molecule is CCOC(=O)CN(CC(F)(F)F)C(=O)c1csc(-c2ccco2)n1. The Balaban J connectivity index is 2.18. The second kappa shape index (κ2) is 7.47. The van der Waals surface area contributed by atoms with E-state index in [0.29, 0.717) is 15.7 Å². The van der Waals surface area contributed by atoms with Gasteiger partial charge in [-0.05, 0) is 19.1 Å². The van der Waals surface area contributed by atoms with Crippen LogP contribution >= 0.6 is 11.3 Å². The lowest BCUT2D eigenvalue weighted by Gasteiger charge is -2.22. The Labute approximate surface area is 138 Å². The van der Waals surface area contributed by atoms with Crippen molar-refractivity contribution < 1.29 is 31.9 Å². The molecule has 0 aliphatic carbocycles. The first-order chi connectivity index (χ1) is 11.3. The number of esters is 1. The maximum absolute atomic E-state index is 12.7. The van der Waals surface area contributed by atoms with Gasteiger partial charge in [0.1, 0.15) is 18.8 Å². The minimum atomic E-state index is -4.65. The van der Waals surface area contributed by atoms with Crippen LogP contribution < -0.4 is 0 Å². The first kappa shape index (κ1) is 18.0. The van der Waals surface area contributed by atoms with E-state index in [2.05, 4.69) is 9.72 Å². The van der Waals surface area contributed by atoms with Crippen LogP contribution in [0.5, 0.6) is 0 Å². The van der Waals surface area contributed by atoms with Crippen LogP contribution in [0.2, 0.25) is 0 Å². The molecule has 10 heteroatoms. The molecular weight excluding hydrogens is 349 g/mol. The molecule has 0 unspecified atom stereocenters. The van der Waals surface area contributed by atoms with Crippen molar-refractivity contribution >= 4 is 23.2 Å². The number of rotatable bonds is 6. The standard InChI is InChI=1S/C14H13F3N2O4S/c1-2-22-11(20)6-19(8-14(15,16)17)13(21)9-7-24-12(18-9)10-4-3-5-23-10/h3-5,7H,2,6,8H2,1H3. The minimum Gasteiger partial charge on any atom is -0.465 e. The second-order valence-electron chi connectivity index (χ2n) is 4.60. The molecule has 130 valence electrons. The van der Waals surface area contributed by atoms with Gasteiger partial charge in [0.05, 0.1) is 12.9 Å². The lowest BCUT2D eigenvalue weighted by Crippen LogP contribution is -2.42. The number of carbonyl (C=O) groups excluding carboxylic acids is 2. The molecule has 1 amide bonds. The third-order valence-corrected chi connectivity index (χ3v) is 3.59. The molecular formula is C14H13F3N2O4S. The average Bonchev–Trinajstić information content (AvgIpc) is 3.15. The molecule has 2 rings (SSSR count). The maximum atomic E-state index is 12.7. The van der Waals surface area contributed by atoms with Gasteiger partial charge in [-0.1, -0.05) is 0 Å². The number of carbonyl (C=O) groups is 2. The number of thiazole rings is 1. The topological polar surface area (TPSA) is 72.6 Å². The molecule has 2 aromatic rings. The van der Waals surface area contributed by atoms with Gasteiger partial charge < -0.3 is 14.1 Å². The van der Waals surface area contributed by atoms with Gasteiger partial charge in [0.15, 0.2) is 10.8 Å². The number of nitrogens with zero attached hydrogens (tertiary/aromatic N) is 2. The predicted molar refractivity (Wildman–Crippen MR) is 78.4 cm³/mol. The summed E-state index contributed by atoms with van der Waals surface area (Å²) in [5.74, 6) is -1.53. The molecule has 0 radical (unpaired) electrons. The fraction of sp³-hybridized carbons (Fsp3) is 0.357. The van der Waals surface area contributed by atoms with Crippen molar-refractivity contribution in [3.8, 4) is 10.8 Å². The number of alkyl halides is 3. The fourth-order valence-electron chi connectivity index (χ4n) is 1.83. The number of aromatic nitrogens is 1. The summed E-state index contributed by atoms with van der Waals surface area (Å²) in [6.07, 6.45) is -3.24. The van der Waals surface area contributed by atoms with Gasteiger partial charge in [-0.15, -0.1) is 11.3 Å². The Morgan fingerprint density at radius 2 is 2.17 bits per heavy atom. The zero-order chi connectivity index (χ0) is 17.7. The summed E-state index contributed by atoms with van der Waals surface area (Å²) < 4.78 is 47.7. The van der Waals surface area contributed by atoms with E-state index >= 15 is 0 Å². The summed E-state index contributed by atoms with van der Waals surface area (Å²) >= 11 is 1.05. The molecule has 0 saturated carbocycles. The number of furan rings is 1. The zero-order valence-corrected chi connectivity index (χ0v) is 13.3. The number of halogens is 3. The highest BCUT2D eigenvalue weighted by molar-refractivity contribution is 7.13. The van der Waals surface area contributed by atoms with Gasteiger partial charge in [0.25, 0.3) is 5.91 Å². The number of ether oxygens (including phenoxy) is 1. The van der Waals surface area contributed by atoms with E-state index in [1.165, 1.54) is 18.6 Å². The Kier molecular flexibility index (Phi) is 5.60. The summed E-state index contributed by atoms with van der Waals surface area (Å²) in [6.45, 7) is -0.853. The molecule has 2 aromatic heterocycles. The van der Waals surface area contributed by atoms with Gasteiger partial charge in [0, 0.05) is 5.38 Å². The average molecular weight is 362 g/mol. The highest BCUT2D eigenvalue weighted by atomic mass is 32.1. The predicted octanol–water partition coefficient (Wildman–Crippen LogP) is 2.97. The highest BCUT2D eigenvalue weighted by Crippen LogP contribution is 2.25. The van der Waals surface area contributed by atoms with Crippen molar-refractivity contribution in [1.82, 2.24) is 9.88 Å². The van der Waals surface area contributed by atoms with Crippen LogP contribution in [0.1, 0.15) is 17.4 Å². The van der Waals surface area contributed by atoms with Gasteiger partial charge in [-0.2, -0.15) is 13.2 Å². The van der Waals surface area contributed by atoms with E-state index in [4.69, 9.17) is 4.42 Å². The summed E-state index contributed by atoms with van der Waals surface area (Å²) in [6, 6.07) is 3.23. The molecule has 0 atom stereocenters. The molecule has 0 N–H and O–H groups in total. The van der Waals surface area contributed by atoms with Crippen LogP contribution in [-0.2, 0) is 9.53 Å². The molecule has 6 nitrogen and oxygen atoms in total. The lowest BCUT2D eigenvalue weighted by molar-refractivity contribution is -0.153. The molecule has 0 bridgehead atoms. The van der Waals surface area contributed by atoms with Crippen LogP contribution in [0.4, 0.5) is 13.2 Å². The van der Waals surface area contributed by atoms with E-state index in [9.17, 15) is 22.8 Å². The van der Waals surface area contributed by atoms with Crippen LogP contribution in [0.3, 0.4) is 0 Å². The van der Waals surface area contributed by atoms with Crippen molar-refractivity contribution in [3.05, 3.63) is 29.5 Å². The van der Waals surface area contributed by atoms with E-state index in [1.54, 1.807) is 12.1 Å². The summed E-state index contributed by atoms with van der Waals surface area (Å²) in [5, 5.41) is 1.67. The maximum Gasteiger partial charge on any atom is 0.406 e. The lowest BCUT2D eigenvalue weighted by atomic mass is 10.3. The van der Waals surface area contributed by atoms with Crippen molar-refractivity contribution in [2.24, 2.45) is 0 Å². The van der Waals surface area contributed by atoms with Crippen LogP contribution in [-0.4, -0.2) is 47.6 Å². The molecule has 24 heavy (non-hydrogen) atoms. The number of hydrogen-bond acceptors (Lipinski definition) is 6. The van der Waals surface area contributed by atoms with Gasteiger partial charge >= 0.3 is 12.1 Å². The molecule has 0 spiro atoms. The van der Waals surface area contributed by atoms with Crippen LogP contribution in [0, 0.1) is 0 Å². The summed E-state index contributed by atoms with van der Waals surface area (Å²) in [7, 11) is 0. The van der Waals surface area contributed by atoms with Crippen molar-refractivity contribution in [2.75, 3.05) is 19.7 Å². The quantitative estimate of drug-likeness (QED) is 0.739. The largest absolute Gasteiger partial charge is 0.465 e. The zero-order valence-electron chi connectivity index (χ0n) is 12.5. The monoisotopic (exact) mass is 362 g/mol. The minimum absolute atomic E-state index is 0.00618. The molecule has 0 aliphatic heterocycles. The van der Waals surface area contributed by atoms with E-state index in [-0.39, 0.29) is 12.3 Å². The molecule has 2 heterocycles. The Morgan fingerprint density at radius 3 is 2.75 bits per heavy atom. The van der Waals surface area contributed by atoms with Gasteiger partial charge in [-0.3, -0.25) is 9.59 Å². The Bertz CT molecular complexity index is 697. The third-order valence-electron chi connectivity index (χ3n) is 2.74. The Hall–Kier alpha value is -2.36. The number of hydrogen-bond donors (Lipinski definition) is 0. The third kappa shape index (κ3) is 4.82. The first-order valence-corrected chi connectivity index (χ1v) is 7.69. The second-order valence-corrected chi connectivity index (χ2v) is 5.45.